The van der Waals surface area contributed by atoms with Crippen LogP contribution in [0.4, 0.5) is 5.69 Å². The summed E-state index contributed by atoms with van der Waals surface area (Å²) in [5.74, 6) is 0.824. The van der Waals surface area contributed by atoms with Gasteiger partial charge in [0.1, 0.15) is 5.75 Å². The average Bonchev–Trinajstić information content (AvgIpc) is 2.50. The van der Waals surface area contributed by atoms with E-state index in [0.29, 0.717) is 13.1 Å². The Kier molecular flexibility index (Phi) is 5.44. The third-order valence-corrected chi connectivity index (χ3v) is 3.64. The fourth-order valence-electron chi connectivity index (χ4n) is 2.46. The van der Waals surface area contributed by atoms with Crippen LogP contribution in [0, 0.1) is 0 Å². The molecule has 5 heteroatoms. The molecule has 0 saturated carbocycles. The summed E-state index contributed by atoms with van der Waals surface area (Å²) >= 11 is 0. The monoisotopic (exact) mass is 291 g/mol. The van der Waals surface area contributed by atoms with Crippen molar-refractivity contribution in [1.82, 2.24) is 9.80 Å². The summed E-state index contributed by atoms with van der Waals surface area (Å²) in [6.45, 7) is 5.01. The highest BCUT2D eigenvalue weighted by Crippen LogP contribution is 2.28. The molecule has 0 aliphatic carbocycles. The minimum atomic E-state index is -0.431. The second kappa shape index (κ2) is 7.31. The number of para-hydroxylation sites is 2. The predicted octanol–water partition coefficient (Wildman–Crippen LogP) is 1.66. The fraction of sp³-hybridized carbons (Fsp3) is 0.562. The Bertz CT molecular complexity index is 476. The highest BCUT2D eigenvalue weighted by Gasteiger charge is 2.28. The Hall–Kier alpha value is -1.75. The van der Waals surface area contributed by atoms with Crippen LogP contribution in [0.5, 0.6) is 5.75 Å². The minimum absolute atomic E-state index is 0.0678. The van der Waals surface area contributed by atoms with E-state index >= 15 is 0 Å². The van der Waals surface area contributed by atoms with Crippen LogP contribution in [0.25, 0.3) is 0 Å². The van der Waals surface area contributed by atoms with Crippen LogP contribution in [-0.4, -0.2) is 62.1 Å². The lowest BCUT2D eigenvalue weighted by atomic mass is 10.2. The standard InChI is InChI=1S/C16H25N3O2/c1-4-19(11-7-10-18(2)3)16(20)15-12-17-13-8-5-6-9-14(13)21-15/h5-6,8-9,15,17H,4,7,10-12H2,1-3H3. The van der Waals surface area contributed by atoms with E-state index in [1.165, 1.54) is 0 Å². The number of benzene rings is 1. The number of likely N-dealkylation sites (N-methyl/N-ethyl adjacent to an activating group) is 1. The summed E-state index contributed by atoms with van der Waals surface area (Å²) in [5.41, 5.74) is 0.956. The molecule has 1 aliphatic rings. The summed E-state index contributed by atoms with van der Waals surface area (Å²) in [4.78, 5) is 16.6. The van der Waals surface area contributed by atoms with Gasteiger partial charge in [-0.05, 0) is 46.1 Å². The zero-order valence-corrected chi connectivity index (χ0v) is 13.1. The summed E-state index contributed by atoms with van der Waals surface area (Å²) in [6, 6.07) is 7.73. The van der Waals surface area contributed by atoms with E-state index < -0.39 is 6.10 Å². The SMILES string of the molecule is CCN(CCCN(C)C)C(=O)C1CNc2ccccc2O1. The van der Waals surface area contributed by atoms with E-state index in [4.69, 9.17) is 4.74 Å². The molecular weight excluding hydrogens is 266 g/mol. The molecule has 1 aromatic carbocycles. The average molecular weight is 291 g/mol. The van der Waals surface area contributed by atoms with E-state index in [1.54, 1.807) is 0 Å². The van der Waals surface area contributed by atoms with Crippen LogP contribution in [0.1, 0.15) is 13.3 Å². The summed E-state index contributed by atoms with van der Waals surface area (Å²) < 4.78 is 5.84. The van der Waals surface area contributed by atoms with E-state index in [2.05, 4.69) is 10.2 Å². The minimum Gasteiger partial charge on any atom is -0.477 e. The van der Waals surface area contributed by atoms with E-state index in [0.717, 1.165) is 30.9 Å². The zero-order valence-electron chi connectivity index (χ0n) is 13.1. The Labute approximate surface area is 126 Å². The Morgan fingerprint density at radius 1 is 1.33 bits per heavy atom. The third kappa shape index (κ3) is 4.11. The lowest BCUT2D eigenvalue weighted by Crippen LogP contribution is -2.47. The predicted molar refractivity (Wildman–Crippen MR) is 84.8 cm³/mol. The number of anilines is 1. The maximum absolute atomic E-state index is 12.6. The Morgan fingerprint density at radius 2 is 2.10 bits per heavy atom. The number of rotatable bonds is 6. The van der Waals surface area contributed by atoms with Crippen LogP contribution in [0.2, 0.25) is 0 Å². The van der Waals surface area contributed by atoms with Gasteiger partial charge in [0.05, 0.1) is 12.2 Å². The van der Waals surface area contributed by atoms with Crippen LogP contribution in [-0.2, 0) is 4.79 Å². The zero-order chi connectivity index (χ0) is 15.2. The second-order valence-corrected chi connectivity index (χ2v) is 5.56. The normalized spacial score (nSPS) is 16.9. The van der Waals surface area contributed by atoms with Crippen molar-refractivity contribution < 1.29 is 9.53 Å². The number of fused-ring (bicyclic) bond motifs is 1. The van der Waals surface area contributed by atoms with Gasteiger partial charge in [-0.1, -0.05) is 12.1 Å². The summed E-state index contributed by atoms with van der Waals surface area (Å²) in [6.07, 6.45) is 0.544. The molecule has 1 amide bonds. The van der Waals surface area contributed by atoms with Crippen molar-refractivity contribution in [3.8, 4) is 5.75 Å². The van der Waals surface area contributed by atoms with Crippen molar-refractivity contribution in [3.63, 3.8) is 0 Å². The van der Waals surface area contributed by atoms with Gasteiger partial charge < -0.3 is 19.9 Å². The quantitative estimate of drug-likeness (QED) is 0.866. The molecule has 116 valence electrons. The van der Waals surface area contributed by atoms with Crippen LogP contribution in [0.15, 0.2) is 24.3 Å². The number of nitrogens with zero attached hydrogens (tertiary/aromatic N) is 2. The molecule has 0 radical (unpaired) electrons. The molecule has 0 saturated heterocycles. The number of nitrogens with one attached hydrogen (secondary N) is 1. The van der Waals surface area contributed by atoms with Gasteiger partial charge in [0.2, 0.25) is 0 Å². The van der Waals surface area contributed by atoms with Crippen molar-refractivity contribution in [2.45, 2.75) is 19.4 Å². The lowest BCUT2D eigenvalue weighted by molar-refractivity contribution is -0.138. The van der Waals surface area contributed by atoms with Gasteiger partial charge in [0.15, 0.2) is 6.10 Å². The number of hydrogen-bond acceptors (Lipinski definition) is 4. The molecule has 0 spiro atoms. The first-order chi connectivity index (χ1) is 10.1. The van der Waals surface area contributed by atoms with Crippen molar-refractivity contribution in [2.24, 2.45) is 0 Å². The van der Waals surface area contributed by atoms with Crippen LogP contribution >= 0.6 is 0 Å². The molecule has 1 unspecified atom stereocenters. The van der Waals surface area contributed by atoms with Gasteiger partial charge in [-0.25, -0.2) is 0 Å². The topological polar surface area (TPSA) is 44.8 Å². The Morgan fingerprint density at radius 3 is 2.81 bits per heavy atom. The van der Waals surface area contributed by atoms with E-state index in [1.807, 2.05) is 50.2 Å². The molecule has 0 aromatic heterocycles. The molecule has 1 aromatic rings. The number of carbonyl (C=O) groups is 1. The fourth-order valence-corrected chi connectivity index (χ4v) is 2.46. The lowest BCUT2D eigenvalue weighted by Gasteiger charge is -2.31. The van der Waals surface area contributed by atoms with Crippen molar-refractivity contribution >= 4 is 11.6 Å². The molecule has 1 atom stereocenters. The maximum Gasteiger partial charge on any atom is 0.265 e. The largest absolute Gasteiger partial charge is 0.477 e. The van der Waals surface area contributed by atoms with E-state index in [9.17, 15) is 4.79 Å². The van der Waals surface area contributed by atoms with E-state index in [-0.39, 0.29) is 5.91 Å². The summed E-state index contributed by atoms with van der Waals surface area (Å²) in [7, 11) is 4.09. The van der Waals surface area contributed by atoms with Gasteiger partial charge in [-0.3, -0.25) is 4.79 Å². The van der Waals surface area contributed by atoms with Crippen molar-refractivity contribution in [3.05, 3.63) is 24.3 Å². The smallest absolute Gasteiger partial charge is 0.265 e. The first kappa shape index (κ1) is 15.6. The first-order valence-corrected chi connectivity index (χ1v) is 7.55. The summed E-state index contributed by atoms with van der Waals surface area (Å²) in [5, 5.41) is 3.27. The van der Waals surface area contributed by atoms with Crippen LogP contribution < -0.4 is 10.1 Å². The van der Waals surface area contributed by atoms with Gasteiger partial charge in [-0.2, -0.15) is 0 Å². The number of amides is 1. The van der Waals surface area contributed by atoms with Crippen molar-refractivity contribution in [2.75, 3.05) is 45.6 Å². The molecule has 0 fully saturated rings. The highest BCUT2D eigenvalue weighted by molar-refractivity contribution is 5.83. The molecular formula is C16H25N3O2. The van der Waals surface area contributed by atoms with Gasteiger partial charge in [0, 0.05) is 13.1 Å². The van der Waals surface area contributed by atoms with Gasteiger partial charge in [0.25, 0.3) is 5.91 Å². The molecule has 21 heavy (non-hydrogen) atoms. The highest BCUT2D eigenvalue weighted by atomic mass is 16.5. The number of ether oxygens (including phenoxy) is 1. The van der Waals surface area contributed by atoms with Gasteiger partial charge in [-0.15, -0.1) is 0 Å². The van der Waals surface area contributed by atoms with Crippen molar-refractivity contribution in [1.29, 1.82) is 0 Å². The number of carbonyl (C=O) groups excluding carboxylic acids is 1. The van der Waals surface area contributed by atoms with Crippen LogP contribution in [0.3, 0.4) is 0 Å². The first-order valence-electron chi connectivity index (χ1n) is 7.55. The molecule has 0 bridgehead atoms. The maximum atomic E-state index is 12.6. The molecule has 1 heterocycles. The van der Waals surface area contributed by atoms with Gasteiger partial charge >= 0.3 is 0 Å². The molecule has 5 nitrogen and oxygen atoms in total. The Balaban J connectivity index is 1.93. The molecule has 1 aliphatic heterocycles. The third-order valence-electron chi connectivity index (χ3n) is 3.64. The molecule has 2 rings (SSSR count). The number of hydrogen-bond donors (Lipinski definition) is 1. The molecule has 1 N–H and O–H groups in total. The second-order valence-electron chi connectivity index (χ2n) is 5.56.